The maximum absolute atomic E-state index is 12.5. The standard InChI is InChI=1S/C17H18N2O4/c1-9-14(11(3)20)10(2)19-15(9)16(21)12(4)23-17(22)13-6-5-7-18-8-13/h5-8,12,19H,1-4H3/t12-/m1/s1. The van der Waals surface area contributed by atoms with Crippen molar-refractivity contribution >= 4 is 17.5 Å². The highest BCUT2D eigenvalue weighted by Gasteiger charge is 2.26. The lowest BCUT2D eigenvalue weighted by molar-refractivity contribution is 0.0316. The van der Waals surface area contributed by atoms with Crippen LogP contribution in [0.5, 0.6) is 0 Å². The molecule has 1 N–H and O–H groups in total. The first-order valence-electron chi connectivity index (χ1n) is 7.18. The summed E-state index contributed by atoms with van der Waals surface area (Å²) in [5, 5.41) is 0. The third-order valence-corrected chi connectivity index (χ3v) is 3.59. The molecule has 6 heteroatoms. The van der Waals surface area contributed by atoms with Crippen LogP contribution in [0.2, 0.25) is 0 Å². The molecule has 6 nitrogen and oxygen atoms in total. The van der Waals surface area contributed by atoms with Gasteiger partial charge < -0.3 is 9.72 Å². The Morgan fingerprint density at radius 1 is 1.26 bits per heavy atom. The number of carbonyl (C=O) groups excluding carboxylic acids is 3. The van der Waals surface area contributed by atoms with E-state index in [0.29, 0.717) is 22.5 Å². The summed E-state index contributed by atoms with van der Waals surface area (Å²) in [6.07, 6.45) is 1.94. The number of nitrogens with one attached hydrogen (secondary N) is 1. The second-order valence-corrected chi connectivity index (χ2v) is 5.33. The Bertz CT molecular complexity index is 762. The molecule has 0 amide bonds. The molecule has 0 radical (unpaired) electrons. The fraction of sp³-hybridized carbons (Fsp3) is 0.294. The fourth-order valence-electron chi connectivity index (χ4n) is 2.49. The van der Waals surface area contributed by atoms with Crippen molar-refractivity contribution in [2.75, 3.05) is 0 Å². The summed E-state index contributed by atoms with van der Waals surface area (Å²) in [5.74, 6) is -1.11. The highest BCUT2D eigenvalue weighted by atomic mass is 16.5. The first kappa shape index (κ1) is 16.6. The predicted octanol–water partition coefficient (Wildman–Crippen LogP) is 2.66. The molecule has 0 spiro atoms. The van der Waals surface area contributed by atoms with Gasteiger partial charge in [0.05, 0.1) is 11.3 Å². The number of ether oxygens (including phenoxy) is 1. The van der Waals surface area contributed by atoms with Crippen molar-refractivity contribution in [3.63, 3.8) is 0 Å². The number of aromatic amines is 1. The van der Waals surface area contributed by atoms with Gasteiger partial charge in [0.2, 0.25) is 5.78 Å². The molecule has 2 rings (SSSR count). The van der Waals surface area contributed by atoms with Crippen molar-refractivity contribution in [2.45, 2.75) is 33.8 Å². The second-order valence-electron chi connectivity index (χ2n) is 5.33. The summed E-state index contributed by atoms with van der Waals surface area (Å²) in [4.78, 5) is 42.8. The van der Waals surface area contributed by atoms with Crippen molar-refractivity contribution in [1.82, 2.24) is 9.97 Å². The van der Waals surface area contributed by atoms with Gasteiger partial charge in [0.15, 0.2) is 11.9 Å². The van der Waals surface area contributed by atoms with Crippen LogP contribution < -0.4 is 0 Å². The number of nitrogens with zero attached hydrogens (tertiary/aromatic N) is 1. The fourth-order valence-corrected chi connectivity index (χ4v) is 2.49. The van der Waals surface area contributed by atoms with Crippen LogP contribution in [0.25, 0.3) is 0 Å². The minimum atomic E-state index is -0.973. The van der Waals surface area contributed by atoms with E-state index in [2.05, 4.69) is 9.97 Å². The first-order chi connectivity index (χ1) is 10.8. The van der Waals surface area contributed by atoms with Crippen molar-refractivity contribution < 1.29 is 19.1 Å². The van der Waals surface area contributed by atoms with E-state index < -0.39 is 12.1 Å². The molecular weight excluding hydrogens is 296 g/mol. The molecule has 0 bridgehead atoms. The second kappa shape index (κ2) is 6.56. The Kier molecular flexibility index (Phi) is 4.74. The van der Waals surface area contributed by atoms with Gasteiger partial charge in [-0.2, -0.15) is 0 Å². The van der Waals surface area contributed by atoms with Crippen LogP contribution in [0.15, 0.2) is 24.5 Å². The van der Waals surface area contributed by atoms with Gasteiger partial charge in [-0.25, -0.2) is 4.79 Å². The monoisotopic (exact) mass is 314 g/mol. The Morgan fingerprint density at radius 3 is 2.48 bits per heavy atom. The number of hydrogen-bond acceptors (Lipinski definition) is 5. The van der Waals surface area contributed by atoms with E-state index in [4.69, 9.17) is 4.74 Å². The maximum Gasteiger partial charge on any atom is 0.340 e. The number of esters is 1. The summed E-state index contributed by atoms with van der Waals surface area (Å²) in [5.41, 5.74) is 2.27. The molecule has 2 aromatic rings. The summed E-state index contributed by atoms with van der Waals surface area (Å²) < 4.78 is 5.18. The summed E-state index contributed by atoms with van der Waals surface area (Å²) in [6, 6.07) is 3.17. The van der Waals surface area contributed by atoms with Gasteiger partial charge in [-0.3, -0.25) is 14.6 Å². The van der Waals surface area contributed by atoms with Crippen LogP contribution >= 0.6 is 0 Å². The van der Waals surface area contributed by atoms with Crippen molar-refractivity contribution in [2.24, 2.45) is 0 Å². The molecule has 120 valence electrons. The zero-order valence-corrected chi connectivity index (χ0v) is 13.5. The molecule has 0 unspecified atom stereocenters. The Hall–Kier alpha value is -2.76. The minimum absolute atomic E-state index is 0.115. The molecule has 0 saturated carbocycles. The van der Waals surface area contributed by atoms with Gasteiger partial charge in [-0.15, -0.1) is 0 Å². The van der Waals surface area contributed by atoms with Gasteiger partial charge >= 0.3 is 5.97 Å². The molecule has 0 aliphatic heterocycles. The predicted molar refractivity (Wildman–Crippen MR) is 83.7 cm³/mol. The number of Topliss-reactive ketones (excluding diaryl/α,β-unsaturated/α-hetero) is 2. The molecule has 0 aliphatic rings. The number of aromatic nitrogens is 2. The molecule has 0 saturated heterocycles. The third kappa shape index (κ3) is 3.36. The topological polar surface area (TPSA) is 89.1 Å². The van der Waals surface area contributed by atoms with Crippen LogP contribution in [0.4, 0.5) is 0 Å². The van der Waals surface area contributed by atoms with Crippen LogP contribution in [0, 0.1) is 13.8 Å². The molecule has 0 fully saturated rings. The van der Waals surface area contributed by atoms with E-state index in [1.54, 1.807) is 32.2 Å². The lowest BCUT2D eigenvalue weighted by Crippen LogP contribution is -2.25. The number of carbonyl (C=O) groups is 3. The van der Waals surface area contributed by atoms with Gasteiger partial charge in [0.25, 0.3) is 0 Å². The Balaban J connectivity index is 2.19. The van der Waals surface area contributed by atoms with Crippen LogP contribution in [-0.4, -0.2) is 33.6 Å². The average molecular weight is 314 g/mol. The lowest BCUT2D eigenvalue weighted by atomic mass is 10.0. The van der Waals surface area contributed by atoms with Gasteiger partial charge in [-0.1, -0.05) is 0 Å². The molecule has 2 heterocycles. The number of pyridine rings is 1. The maximum atomic E-state index is 12.5. The van der Waals surface area contributed by atoms with E-state index in [-0.39, 0.29) is 17.1 Å². The summed E-state index contributed by atoms with van der Waals surface area (Å²) in [6.45, 7) is 6.37. The van der Waals surface area contributed by atoms with E-state index in [1.165, 1.54) is 20.0 Å². The zero-order chi connectivity index (χ0) is 17.1. The minimum Gasteiger partial charge on any atom is -0.451 e. The highest BCUT2D eigenvalue weighted by Crippen LogP contribution is 2.20. The molecular formula is C17H18N2O4. The SMILES string of the molecule is CC(=O)c1c(C)[nH]c(C(=O)[C@@H](C)OC(=O)c2cccnc2)c1C. The summed E-state index contributed by atoms with van der Waals surface area (Å²) >= 11 is 0. The average Bonchev–Trinajstić information content (AvgIpc) is 2.82. The first-order valence-corrected chi connectivity index (χ1v) is 7.18. The quantitative estimate of drug-likeness (QED) is 0.677. The number of rotatable bonds is 5. The van der Waals surface area contributed by atoms with E-state index >= 15 is 0 Å². The van der Waals surface area contributed by atoms with Crippen molar-refractivity contribution in [1.29, 1.82) is 0 Å². The van der Waals surface area contributed by atoms with Crippen LogP contribution in [0.1, 0.15) is 56.3 Å². The van der Waals surface area contributed by atoms with Crippen molar-refractivity contribution in [3.8, 4) is 0 Å². The summed E-state index contributed by atoms with van der Waals surface area (Å²) in [7, 11) is 0. The van der Waals surface area contributed by atoms with E-state index in [9.17, 15) is 14.4 Å². The Labute approximate surface area is 133 Å². The van der Waals surface area contributed by atoms with E-state index in [0.717, 1.165) is 0 Å². The zero-order valence-electron chi connectivity index (χ0n) is 13.5. The third-order valence-electron chi connectivity index (χ3n) is 3.59. The molecule has 1 atom stereocenters. The molecule has 0 aromatic carbocycles. The molecule has 2 aromatic heterocycles. The number of ketones is 2. The largest absolute Gasteiger partial charge is 0.451 e. The number of hydrogen-bond donors (Lipinski definition) is 1. The Morgan fingerprint density at radius 2 is 1.96 bits per heavy atom. The number of aryl methyl sites for hydroxylation is 1. The van der Waals surface area contributed by atoms with Crippen LogP contribution in [0.3, 0.4) is 0 Å². The highest BCUT2D eigenvalue weighted by molar-refractivity contribution is 6.05. The lowest BCUT2D eigenvalue weighted by Gasteiger charge is -2.12. The van der Waals surface area contributed by atoms with Crippen molar-refractivity contribution in [3.05, 3.63) is 52.6 Å². The van der Waals surface area contributed by atoms with Gasteiger partial charge in [-0.05, 0) is 45.4 Å². The van der Waals surface area contributed by atoms with Gasteiger partial charge in [0.1, 0.15) is 0 Å². The molecule has 23 heavy (non-hydrogen) atoms. The molecule has 0 aliphatic carbocycles. The number of H-pyrrole nitrogens is 1. The normalized spacial score (nSPS) is 11.8. The van der Waals surface area contributed by atoms with Gasteiger partial charge in [0, 0.05) is 23.7 Å². The van der Waals surface area contributed by atoms with E-state index in [1.807, 2.05) is 0 Å². The smallest absolute Gasteiger partial charge is 0.340 e. The van der Waals surface area contributed by atoms with Crippen LogP contribution in [-0.2, 0) is 4.74 Å².